The summed E-state index contributed by atoms with van der Waals surface area (Å²) in [5.74, 6) is -0.375. The van der Waals surface area contributed by atoms with Crippen molar-refractivity contribution in [1.29, 1.82) is 0 Å². The maximum atomic E-state index is 12.3. The molecular weight excluding hydrogens is 378 g/mol. The second-order valence-electron chi connectivity index (χ2n) is 7.95. The highest BCUT2D eigenvalue weighted by molar-refractivity contribution is 5.84. The number of benzene rings is 1. The Bertz CT molecular complexity index is 713. The van der Waals surface area contributed by atoms with E-state index in [2.05, 4.69) is 5.32 Å². The van der Waals surface area contributed by atoms with Crippen LogP contribution in [-0.4, -0.2) is 40.7 Å². The molecule has 1 fully saturated rings. The molecule has 4 atom stereocenters. The Labute approximate surface area is 179 Å². The summed E-state index contributed by atoms with van der Waals surface area (Å²) < 4.78 is 0. The van der Waals surface area contributed by atoms with Gasteiger partial charge in [0, 0.05) is 31.2 Å². The maximum Gasteiger partial charge on any atom is 0.219 e. The Morgan fingerprint density at radius 3 is 2.77 bits per heavy atom. The zero-order chi connectivity index (χ0) is 21.8. The van der Waals surface area contributed by atoms with Gasteiger partial charge in [0.25, 0.3) is 0 Å². The minimum atomic E-state index is -0.689. The number of nitrogens with one attached hydrogen (secondary N) is 1. The number of carbonyl (C=O) groups is 2. The van der Waals surface area contributed by atoms with Crippen LogP contribution in [0.2, 0.25) is 0 Å². The number of carbonyl (C=O) groups excluding carboxylic acids is 2. The number of rotatable bonds is 12. The van der Waals surface area contributed by atoms with Gasteiger partial charge in [-0.05, 0) is 44.6 Å². The Morgan fingerprint density at radius 2 is 2.03 bits per heavy atom. The average molecular weight is 414 g/mol. The largest absolute Gasteiger partial charge is 0.392 e. The third kappa shape index (κ3) is 8.25. The first-order chi connectivity index (χ1) is 14.5. The van der Waals surface area contributed by atoms with Gasteiger partial charge in [-0.2, -0.15) is 0 Å². The van der Waals surface area contributed by atoms with Gasteiger partial charge in [-0.25, -0.2) is 0 Å². The van der Waals surface area contributed by atoms with Crippen LogP contribution in [0.25, 0.3) is 0 Å². The van der Waals surface area contributed by atoms with Crippen molar-refractivity contribution in [3.63, 3.8) is 0 Å². The molecule has 0 bridgehead atoms. The molecule has 0 aliphatic heterocycles. The van der Waals surface area contributed by atoms with Gasteiger partial charge >= 0.3 is 0 Å². The molecular formula is C25H35NO4. The number of hydrogen-bond donors (Lipinski definition) is 3. The van der Waals surface area contributed by atoms with E-state index >= 15 is 0 Å². The van der Waals surface area contributed by atoms with E-state index in [0.29, 0.717) is 25.8 Å². The van der Waals surface area contributed by atoms with E-state index in [0.717, 1.165) is 19.3 Å². The van der Waals surface area contributed by atoms with Gasteiger partial charge in [-0.15, -0.1) is 0 Å². The van der Waals surface area contributed by atoms with Crippen molar-refractivity contribution in [2.75, 3.05) is 6.54 Å². The molecule has 1 aliphatic rings. The molecule has 5 heteroatoms. The number of aryl methyl sites for hydroxylation is 1. The first-order valence-corrected chi connectivity index (χ1v) is 11.0. The fraction of sp³-hybridized carbons (Fsp3) is 0.520. The van der Waals surface area contributed by atoms with Crippen LogP contribution in [0.4, 0.5) is 0 Å². The lowest BCUT2D eigenvalue weighted by molar-refractivity contribution is -0.121. The van der Waals surface area contributed by atoms with Crippen LogP contribution in [-0.2, 0) is 16.0 Å². The van der Waals surface area contributed by atoms with Crippen LogP contribution in [0.3, 0.4) is 0 Å². The van der Waals surface area contributed by atoms with Gasteiger partial charge in [0.2, 0.25) is 5.91 Å². The van der Waals surface area contributed by atoms with Crippen molar-refractivity contribution in [1.82, 2.24) is 5.32 Å². The van der Waals surface area contributed by atoms with Crippen molar-refractivity contribution in [3.8, 4) is 0 Å². The molecule has 5 nitrogen and oxygen atoms in total. The highest BCUT2D eigenvalue weighted by Crippen LogP contribution is 2.33. The van der Waals surface area contributed by atoms with Gasteiger partial charge in [-0.3, -0.25) is 9.59 Å². The summed E-state index contributed by atoms with van der Waals surface area (Å²) in [6.45, 7) is 2.55. The summed E-state index contributed by atoms with van der Waals surface area (Å²) in [6.07, 6.45) is 10.4. The summed E-state index contributed by atoms with van der Waals surface area (Å²) in [4.78, 5) is 23.7. The molecule has 0 heterocycles. The molecule has 1 saturated carbocycles. The van der Waals surface area contributed by atoms with Crippen LogP contribution in [0.15, 0.2) is 54.6 Å². The number of ketones is 1. The monoisotopic (exact) mass is 413 g/mol. The van der Waals surface area contributed by atoms with E-state index in [1.165, 1.54) is 5.56 Å². The SMILES string of the molecule is CCNC(=O)CCCC=CC[C@H]1C(=O)C[C@@H](O)[C@@H]1C=CC(O)CCc1ccccc1. The zero-order valence-corrected chi connectivity index (χ0v) is 17.9. The fourth-order valence-electron chi connectivity index (χ4n) is 3.87. The Balaban J connectivity index is 1.78. The lowest BCUT2D eigenvalue weighted by Gasteiger charge is -2.16. The van der Waals surface area contributed by atoms with Crippen molar-refractivity contribution in [3.05, 3.63) is 60.2 Å². The van der Waals surface area contributed by atoms with Gasteiger partial charge in [0.05, 0.1) is 12.2 Å². The predicted molar refractivity (Wildman–Crippen MR) is 119 cm³/mol. The van der Waals surface area contributed by atoms with Crippen molar-refractivity contribution in [2.45, 2.75) is 64.1 Å². The standard InChI is InChI=1S/C25H35NO4/c1-2-26-25(30)13-9-4-3-8-12-21-22(24(29)18-23(21)28)17-16-20(27)15-14-19-10-6-5-7-11-19/h3,5-8,10-11,16-17,20-22,24,27,29H,2,4,9,12-15,18H2,1H3,(H,26,30)/t20?,21-,22-,24-/m1/s1. The number of amides is 1. The number of hydrogen-bond acceptors (Lipinski definition) is 4. The minimum absolute atomic E-state index is 0.0658. The topological polar surface area (TPSA) is 86.6 Å². The van der Waals surface area contributed by atoms with Gasteiger partial charge < -0.3 is 15.5 Å². The summed E-state index contributed by atoms with van der Waals surface area (Å²) in [7, 11) is 0. The second-order valence-corrected chi connectivity index (χ2v) is 7.95. The van der Waals surface area contributed by atoms with Crippen molar-refractivity contribution in [2.24, 2.45) is 11.8 Å². The highest BCUT2D eigenvalue weighted by Gasteiger charge is 2.39. The molecule has 3 N–H and O–H groups in total. The highest BCUT2D eigenvalue weighted by atomic mass is 16.3. The summed E-state index contributed by atoms with van der Waals surface area (Å²) in [5.41, 5.74) is 1.18. The Morgan fingerprint density at radius 1 is 1.27 bits per heavy atom. The molecule has 1 amide bonds. The second kappa shape index (κ2) is 13.1. The van der Waals surface area contributed by atoms with Crippen molar-refractivity contribution >= 4 is 11.7 Å². The predicted octanol–water partition coefficient (Wildman–Crippen LogP) is 3.36. The Kier molecular flexibility index (Phi) is 10.5. The molecule has 1 unspecified atom stereocenters. The van der Waals surface area contributed by atoms with E-state index in [9.17, 15) is 19.8 Å². The summed E-state index contributed by atoms with van der Waals surface area (Å²) in [6, 6.07) is 10.0. The molecule has 0 aromatic heterocycles. The summed E-state index contributed by atoms with van der Waals surface area (Å²) >= 11 is 0. The number of aliphatic hydroxyl groups is 2. The molecule has 0 radical (unpaired) electrons. The normalized spacial score (nSPS) is 22.8. The van der Waals surface area contributed by atoms with Crippen LogP contribution in [0, 0.1) is 11.8 Å². The quantitative estimate of drug-likeness (QED) is 0.362. The maximum absolute atomic E-state index is 12.3. The van der Waals surface area contributed by atoms with Gasteiger partial charge in [0.1, 0.15) is 5.78 Å². The van der Waals surface area contributed by atoms with Gasteiger partial charge in [-0.1, -0.05) is 54.6 Å². The van der Waals surface area contributed by atoms with Crippen LogP contribution in [0.1, 0.15) is 51.0 Å². The van der Waals surface area contributed by atoms with Gasteiger partial charge in [0.15, 0.2) is 0 Å². The molecule has 1 aliphatic carbocycles. The smallest absolute Gasteiger partial charge is 0.219 e. The summed E-state index contributed by atoms with van der Waals surface area (Å²) in [5, 5.41) is 23.3. The van der Waals surface area contributed by atoms with Crippen LogP contribution < -0.4 is 5.32 Å². The van der Waals surface area contributed by atoms with E-state index in [-0.39, 0.29) is 29.9 Å². The number of allylic oxidation sites excluding steroid dienone is 2. The Hall–Kier alpha value is -2.24. The minimum Gasteiger partial charge on any atom is -0.392 e. The van der Waals surface area contributed by atoms with E-state index < -0.39 is 12.2 Å². The number of aliphatic hydroxyl groups excluding tert-OH is 2. The molecule has 1 aromatic rings. The third-order valence-electron chi connectivity index (χ3n) is 5.57. The zero-order valence-electron chi connectivity index (χ0n) is 17.9. The molecule has 1 aromatic carbocycles. The number of Topliss-reactive ketones (excluding diaryl/α,β-unsaturated/α-hetero) is 1. The average Bonchev–Trinajstić information content (AvgIpc) is 3.00. The van der Waals surface area contributed by atoms with Crippen molar-refractivity contribution < 1.29 is 19.8 Å². The third-order valence-corrected chi connectivity index (χ3v) is 5.57. The fourth-order valence-corrected chi connectivity index (χ4v) is 3.87. The molecule has 164 valence electrons. The van der Waals surface area contributed by atoms with E-state index in [4.69, 9.17) is 0 Å². The molecule has 2 rings (SSSR count). The molecule has 30 heavy (non-hydrogen) atoms. The molecule has 0 saturated heterocycles. The lowest BCUT2D eigenvalue weighted by Crippen LogP contribution is -2.21. The first kappa shape index (κ1) is 24.0. The van der Waals surface area contributed by atoms with Crippen LogP contribution in [0.5, 0.6) is 0 Å². The lowest BCUT2D eigenvalue weighted by atomic mass is 9.90. The molecule has 0 spiro atoms. The van der Waals surface area contributed by atoms with E-state index in [1.807, 2.05) is 55.5 Å². The number of unbranched alkanes of at least 4 members (excludes halogenated alkanes) is 1. The van der Waals surface area contributed by atoms with Crippen LogP contribution >= 0.6 is 0 Å². The first-order valence-electron chi connectivity index (χ1n) is 11.0. The van der Waals surface area contributed by atoms with E-state index in [1.54, 1.807) is 6.08 Å².